The number of rotatable bonds is 2. The first-order chi connectivity index (χ1) is 9.53. The average Bonchev–Trinajstić information content (AvgIpc) is 2.44. The molecule has 0 radical (unpaired) electrons. The van der Waals surface area contributed by atoms with Gasteiger partial charge in [0.15, 0.2) is 0 Å². The van der Waals surface area contributed by atoms with Gasteiger partial charge < -0.3 is 9.64 Å². The lowest BCUT2D eigenvalue weighted by atomic mass is 9.84. The monoisotopic (exact) mass is 272 g/mol. The van der Waals surface area contributed by atoms with Crippen LogP contribution in [0.4, 0.5) is 4.79 Å². The number of carbonyl (C=O) groups excluding carboxylic acids is 1. The van der Waals surface area contributed by atoms with Gasteiger partial charge in [0, 0.05) is 12.1 Å². The van der Waals surface area contributed by atoms with Gasteiger partial charge in [-0.2, -0.15) is 5.26 Å². The highest BCUT2D eigenvalue weighted by Gasteiger charge is 2.38. The van der Waals surface area contributed by atoms with Gasteiger partial charge in [0.1, 0.15) is 6.61 Å². The van der Waals surface area contributed by atoms with Crippen LogP contribution in [0.15, 0.2) is 30.3 Å². The van der Waals surface area contributed by atoms with Crippen molar-refractivity contribution in [3.63, 3.8) is 0 Å². The maximum absolute atomic E-state index is 12.2. The summed E-state index contributed by atoms with van der Waals surface area (Å²) in [6.07, 6.45) is 1.12. The van der Waals surface area contributed by atoms with Gasteiger partial charge in [-0.1, -0.05) is 30.3 Å². The second-order valence-corrected chi connectivity index (χ2v) is 5.82. The summed E-state index contributed by atoms with van der Waals surface area (Å²) in [5, 5.41) is 9.02. The fraction of sp³-hybridized carbons (Fsp3) is 0.500. The molecule has 1 unspecified atom stereocenters. The molecule has 4 heteroatoms. The lowest BCUT2D eigenvalue weighted by molar-refractivity contribution is 0.0313. The minimum absolute atomic E-state index is 0.0307. The summed E-state index contributed by atoms with van der Waals surface area (Å²) < 4.78 is 5.38. The van der Waals surface area contributed by atoms with E-state index in [1.165, 1.54) is 0 Å². The van der Waals surface area contributed by atoms with Crippen molar-refractivity contribution in [1.82, 2.24) is 4.90 Å². The molecule has 4 nitrogen and oxygen atoms in total. The van der Waals surface area contributed by atoms with Crippen molar-refractivity contribution in [2.75, 3.05) is 6.54 Å². The lowest BCUT2D eigenvalue weighted by Gasteiger charge is -2.43. The van der Waals surface area contributed by atoms with E-state index in [-0.39, 0.29) is 24.2 Å². The number of carbonyl (C=O) groups is 1. The first-order valence-electron chi connectivity index (χ1n) is 6.91. The topological polar surface area (TPSA) is 53.3 Å². The molecule has 2 rings (SSSR count). The van der Waals surface area contributed by atoms with E-state index in [0.717, 1.165) is 12.0 Å². The molecule has 1 aromatic rings. The molecule has 0 aliphatic carbocycles. The maximum atomic E-state index is 12.2. The van der Waals surface area contributed by atoms with E-state index >= 15 is 0 Å². The van der Waals surface area contributed by atoms with Gasteiger partial charge in [-0.3, -0.25) is 0 Å². The van der Waals surface area contributed by atoms with Gasteiger partial charge in [-0.25, -0.2) is 4.79 Å². The van der Waals surface area contributed by atoms with E-state index in [9.17, 15) is 4.79 Å². The Morgan fingerprint density at radius 1 is 1.45 bits per heavy atom. The zero-order chi connectivity index (χ0) is 14.6. The number of nitriles is 1. The van der Waals surface area contributed by atoms with E-state index in [0.29, 0.717) is 13.0 Å². The Bertz CT molecular complexity index is 505. The van der Waals surface area contributed by atoms with Crippen molar-refractivity contribution in [2.45, 2.75) is 38.8 Å². The first kappa shape index (κ1) is 14.4. The summed E-state index contributed by atoms with van der Waals surface area (Å²) in [6.45, 7) is 4.84. The Balaban J connectivity index is 1.94. The number of piperidine rings is 1. The van der Waals surface area contributed by atoms with Crippen LogP contribution in [0, 0.1) is 17.2 Å². The van der Waals surface area contributed by atoms with Crippen LogP contribution in [0.3, 0.4) is 0 Å². The number of hydrogen-bond acceptors (Lipinski definition) is 3. The molecule has 1 aromatic carbocycles. The van der Waals surface area contributed by atoms with Crippen molar-refractivity contribution in [2.24, 2.45) is 5.92 Å². The number of nitrogens with zero attached hydrogens (tertiary/aromatic N) is 2. The lowest BCUT2D eigenvalue weighted by Crippen LogP contribution is -2.52. The van der Waals surface area contributed by atoms with E-state index in [4.69, 9.17) is 10.00 Å². The second-order valence-electron chi connectivity index (χ2n) is 5.82. The third kappa shape index (κ3) is 3.30. The van der Waals surface area contributed by atoms with Gasteiger partial charge in [0.2, 0.25) is 0 Å². The highest BCUT2D eigenvalue weighted by Crippen LogP contribution is 2.31. The Morgan fingerprint density at radius 3 is 2.75 bits per heavy atom. The van der Waals surface area contributed by atoms with Crippen molar-refractivity contribution >= 4 is 6.09 Å². The molecule has 0 N–H and O–H groups in total. The molecule has 0 saturated carbocycles. The molecule has 1 atom stereocenters. The molecular formula is C16H20N2O2. The number of amides is 1. The Labute approximate surface area is 120 Å². The highest BCUT2D eigenvalue weighted by molar-refractivity contribution is 5.68. The van der Waals surface area contributed by atoms with Crippen molar-refractivity contribution < 1.29 is 9.53 Å². The SMILES string of the molecule is CC1(C)CC(C#N)CCN1C(=O)OCc1ccccc1. The van der Waals surface area contributed by atoms with Crippen LogP contribution in [0.25, 0.3) is 0 Å². The molecule has 1 fully saturated rings. The molecule has 1 saturated heterocycles. The Kier molecular flexibility index (Phi) is 4.29. The number of ether oxygens (including phenoxy) is 1. The summed E-state index contributed by atoms with van der Waals surface area (Å²) in [6, 6.07) is 11.9. The molecule has 0 spiro atoms. The zero-order valence-electron chi connectivity index (χ0n) is 12.0. The third-order valence-electron chi connectivity index (χ3n) is 3.79. The van der Waals surface area contributed by atoms with Gasteiger partial charge >= 0.3 is 6.09 Å². The van der Waals surface area contributed by atoms with Crippen LogP contribution in [0.2, 0.25) is 0 Å². The molecule has 1 heterocycles. The molecule has 0 aromatic heterocycles. The van der Waals surface area contributed by atoms with Crippen molar-refractivity contribution in [3.05, 3.63) is 35.9 Å². The fourth-order valence-corrected chi connectivity index (χ4v) is 2.65. The third-order valence-corrected chi connectivity index (χ3v) is 3.79. The highest BCUT2D eigenvalue weighted by atomic mass is 16.6. The standard InChI is InChI=1S/C16H20N2O2/c1-16(2)10-14(11-17)8-9-18(16)15(19)20-12-13-6-4-3-5-7-13/h3-7,14H,8-10,12H2,1-2H3. The van der Waals surface area contributed by atoms with E-state index in [1.54, 1.807) is 4.90 Å². The van der Waals surface area contributed by atoms with Crippen LogP contribution in [0.1, 0.15) is 32.3 Å². The van der Waals surface area contributed by atoms with E-state index in [1.807, 2.05) is 44.2 Å². The Morgan fingerprint density at radius 2 is 2.15 bits per heavy atom. The molecule has 1 amide bonds. The quantitative estimate of drug-likeness (QED) is 0.829. The average molecular weight is 272 g/mol. The summed E-state index contributed by atoms with van der Waals surface area (Å²) >= 11 is 0. The number of likely N-dealkylation sites (tertiary alicyclic amines) is 1. The molecule has 0 bridgehead atoms. The van der Waals surface area contributed by atoms with Crippen molar-refractivity contribution in [3.8, 4) is 6.07 Å². The molecule has 1 aliphatic heterocycles. The smallest absolute Gasteiger partial charge is 0.410 e. The normalized spacial score (nSPS) is 21.1. The summed E-state index contributed by atoms with van der Waals surface area (Å²) in [5.74, 6) is 0.0307. The summed E-state index contributed by atoms with van der Waals surface area (Å²) in [7, 11) is 0. The largest absolute Gasteiger partial charge is 0.445 e. The van der Waals surface area contributed by atoms with Gasteiger partial charge in [0.05, 0.1) is 12.0 Å². The molecular weight excluding hydrogens is 252 g/mol. The number of hydrogen-bond donors (Lipinski definition) is 0. The predicted molar refractivity (Wildman–Crippen MR) is 75.7 cm³/mol. The van der Waals surface area contributed by atoms with Crippen LogP contribution < -0.4 is 0 Å². The second kappa shape index (κ2) is 5.96. The fourth-order valence-electron chi connectivity index (χ4n) is 2.65. The molecule has 106 valence electrons. The first-order valence-corrected chi connectivity index (χ1v) is 6.91. The van der Waals surface area contributed by atoms with Crippen LogP contribution in [-0.4, -0.2) is 23.1 Å². The predicted octanol–water partition coefficient (Wildman–Crippen LogP) is 3.34. The minimum atomic E-state index is -0.327. The minimum Gasteiger partial charge on any atom is -0.445 e. The van der Waals surface area contributed by atoms with E-state index in [2.05, 4.69) is 6.07 Å². The van der Waals surface area contributed by atoms with E-state index < -0.39 is 0 Å². The van der Waals surface area contributed by atoms with Crippen LogP contribution in [-0.2, 0) is 11.3 Å². The summed E-state index contributed by atoms with van der Waals surface area (Å²) in [4.78, 5) is 13.9. The Hall–Kier alpha value is -2.02. The zero-order valence-corrected chi connectivity index (χ0v) is 12.0. The van der Waals surface area contributed by atoms with Crippen LogP contribution in [0.5, 0.6) is 0 Å². The molecule has 20 heavy (non-hydrogen) atoms. The van der Waals surface area contributed by atoms with Gasteiger partial charge in [-0.05, 0) is 32.3 Å². The van der Waals surface area contributed by atoms with Crippen LogP contribution >= 0.6 is 0 Å². The number of benzene rings is 1. The molecule has 1 aliphatic rings. The van der Waals surface area contributed by atoms with Gasteiger partial charge in [0.25, 0.3) is 0 Å². The summed E-state index contributed by atoms with van der Waals surface area (Å²) in [5.41, 5.74) is 0.650. The van der Waals surface area contributed by atoms with Crippen molar-refractivity contribution in [1.29, 1.82) is 5.26 Å². The maximum Gasteiger partial charge on any atom is 0.410 e. The van der Waals surface area contributed by atoms with Gasteiger partial charge in [-0.15, -0.1) is 0 Å².